The van der Waals surface area contributed by atoms with Gasteiger partial charge in [-0.15, -0.1) is 0 Å². The fourth-order valence-corrected chi connectivity index (χ4v) is 1.98. The lowest BCUT2D eigenvalue weighted by atomic mass is 10.0. The average molecular weight is 228 g/mol. The number of fused-ring (bicyclic) bond motifs is 1. The molecule has 1 heterocycles. The molecular weight excluding hydrogens is 208 g/mol. The van der Waals surface area contributed by atoms with Crippen LogP contribution in [0.4, 0.5) is 0 Å². The third-order valence-corrected chi connectivity index (χ3v) is 2.82. The van der Waals surface area contributed by atoms with Crippen LogP contribution in [0.3, 0.4) is 0 Å². The van der Waals surface area contributed by atoms with Gasteiger partial charge in [0.05, 0.1) is 0 Å². The van der Waals surface area contributed by atoms with Gasteiger partial charge < -0.3 is 5.32 Å². The molecule has 0 spiro atoms. The fraction of sp³-hybridized carbons (Fsp3) is 0.400. The maximum Gasteiger partial charge on any atom is 0.0346 e. The van der Waals surface area contributed by atoms with Gasteiger partial charge in [-0.1, -0.05) is 18.2 Å². The highest BCUT2D eigenvalue weighted by molar-refractivity contribution is 5.84. The van der Waals surface area contributed by atoms with Crippen LogP contribution in [-0.2, 0) is 6.42 Å². The molecule has 0 saturated carbocycles. The Kier molecular flexibility index (Phi) is 3.43. The van der Waals surface area contributed by atoms with E-state index in [9.17, 15) is 0 Å². The topological polar surface area (TPSA) is 24.9 Å². The lowest BCUT2D eigenvalue weighted by Crippen LogP contribution is -2.37. The van der Waals surface area contributed by atoms with E-state index in [4.69, 9.17) is 0 Å². The third-order valence-electron chi connectivity index (χ3n) is 2.82. The van der Waals surface area contributed by atoms with E-state index in [0.29, 0.717) is 0 Å². The predicted octanol–water partition coefficient (Wildman–Crippen LogP) is 3.17. The van der Waals surface area contributed by atoms with Crippen LogP contribution < -0.4 is 5.32 Å². The van der Waals surface area contributed by atoms with Crippen molar-refractivity contribution in [3.8, 4) is 0 Å². The summed E-state index contributed by atoms with van der Waals surface area (Å²) >= 11 is 0. The Balaban J connectivity index is 2.13. The van der Waals surface area contributed by atoms with Crippen molar-refractivity contribution >= 4 is 10.8 Å². The summed E-state index contributed by atoms with van der Waals surface area (Å²) in [7, 11) is 0. The number of hydrogen-bond donors (Lipinski definition) is 1. The second-order valence-electron chi connectivity index (χ2n) is 5.44. The van der Waals surface area contributed by atoms with Crippen LogP contribution in [-0.4, -0.2) is 17.1 Å². The van der Waals surface area contributed by atoms with Crippen LogP contribution in [0.25, 0.3) is 10.8 Å². The monoisotopic (exact) mass is 228 g/mol. The number of rotatable bonds is 3. The second-order valence-corrected chi connectivity index (χ2v) is 5.44. The Hall–Kier alpha value is -1.41. The van der Waals surface area contributed by atoms with Crippen LogP contribution in [0.5, 0.6) is 0 Å². The Labute approximate surface area is 103 Å². The summed E-state index contributed by atoms with van der Waals surface area (Å²) in [6.45, 7) is 7.59. The molecule has 2 heteroatoms. The number of hydrogen-bond acceptors (Lipinski definition) is 2. The summed E-state index contributed by atoms with van der Waals surface area (Å²) in [4.78, 5) is 4.16. The van der Waals surface area contributed by atoms with Gasteiger partial charge in [0, 0.05) is 23.3 Å². The second kappa shape index (κ2) is 4.84. The zero-order valence-electron chi connectivity index (χ0n) is 10.8. The van der Waals surface area contributed by atoms with Gasteiger partial charge in [0.1, 0.15) is 0 Å². The van der Waals surface area contributed by atoms with Gasteiger partial charge >= 0.3 is 0 Å². The Morgan fingerprint density at radius 3 is 2.76 bits per heavy atom. The van der Waals surface area contributed by atoms with Gasteiger partial charge in [0.25, 0.3) is 0 Å². The highest BCUT2D eigenvalue weighted by Gasteiger charge is 2.08. The maximum absolute atomic E-state index is 4.16. The minimum absolute atomic E-state index is 0.187. The Morgan fingerprint density at radius 1 is 1.18 bits per heavy atom. The first kappa shape index (κ1) is 12.1. The largest absolute Gasteiger partial charge is 0.312 e. The van der Waals surface area contributed by atoms with E-state index < -0.39 is 0 Å². The molecule has 1 aromatic carbocycles. The van der Waals surface area contributed by atoms with Crippen molar-refractivity contribution in [3.63, 3.8) is 0 Å². The fourth-order valence-electron chi connectivity index (χ4n) is 1.98. The van der Waals surface area contributed by atoms with Crippen molar-refractivity contribution in [1.82, 2.24) is 10.3 Å². The summed E-state index contributed by atoms with van der Waals surface area (Å²) in [5.41, 5.74) is 1.58. The molecule has 0 atom stereocenters. The Bertz CT molecular complexity index is 492. The molecule has 0 radical (unpaired) electrons. The standard InChI is InChI=1S/C15H20N2/c1-15(2,3)17-10-7-12-5-4-6-13-11-16-9-8-14(12)13/h4-6,8-9,11,17H,7,10H2,1-3H3. The van der Waals surface area contributed by atoms with Crippen LogP contribution >= 0.6 is 0 Å². The molecule has 0 unspecified atom stereocenters. The van der Waals surface area contributed by atoms with E-state index in [0.717, 1.165) is 13.0 Å². The zero-order chi connectivity index (χ0) is 12.3. The SMILES string of the molecule is CC(C)(C)NCCc1cccc2cnccc12. The maximum atomic E-state index is 4.16. The highest BCUT2D eigenvalue weighted by atomic mass is 14.9. The van der Waals surface area contributed by atoms with Gasteiger partial charge in [-0.2, -0.15) is 0 Å². The van der Waals surface area contributed by atoms with Crippen LogP contribution in [0.1, 0.15) is 26.3 Å². The molecule has 2 rings (SSSR count). The molecule has 90 valence electrons. The van der Waals surface area contributed by atoms with Crippen molar-refractivity contribution in [2.24, 2.45) is 0 Å². The number of aromatic nitrogens is 1. The van der Waals surface area contributed by atoms with E-state index >= 15 is 0 Å². The van der Waals surface area contributed by atoms with E-state index in [1.54, 1.807) is 0 Å². The van der Waals surface area contributed by atoms with Crippen LogP contribution in [0.2, 0.25) is 0 Å². The van der Waals surface area contributed by atoms with Crippen LogP contribution in [0, 0.1) is 0 Å². The minimum Gasteiger partial charge on any atom is -0.312 e. The average Bonchev–Trinajstić information content (AvgIpc) is 2.28. The van der Waals surface area contributed by atoms with Gasteiger partial charge in [-0.3, -0.25) is 4.98 Å². The molecule has 0 bridgehead atoms. The van der Waals surface area contributed by atoms with Crippen molar-refractivity contribution in [2.75, 3.05) is 6.54 Å². The van der Waals surface area contributed by atoms with Crippen molar-refractivity contribution < 1.29 is 0 Å². The van der Waals surface area contributed by atoms with Crippen molar-refractivity contribution in [1.29, 1.82) is 0 Å². The van der Waals surface area contributed by atoms with E-state index in [2.05, 4.69) is 55.3 Å². The van der Waals surface area contributed by atoms with E-state index in [1.165, 1.54) is 16.3 Å². The molecule has 0 saturated heterocycles. The van der Waals surface area contributed by atoms with Gasteiger partial charge in [-0.25, -0.2) is 0 Å². The first-order valence-corrected chi connectivity index (χ1v) is 6.13. The molecule has 2 aromatic rings. The van der Waals surface area contributed by atoms with Gasteiger partial charge in [0.15, 0.2) is 0 Å². The lowest BCUT2D eigenvalue weighted by molar-refractivity contribution is 0.430. The first-order chi connectivity index (χ1) is 8.06. The zero-order valence-corrected chi connectivity index (χ0v) is 10.8. The summed E-state index contributed by atoms with van der Waals surface area (Å²) < 4.78 is 0. The summed E-state index contributed by atoms with van der Waals surface area (Å²) in [5, 5.41) is 6.06. The first-order valence-electron chi connectivity index (χ1n) is 6.13. The summed E-state index contributed by atoms with van der Waals surface area (Å²) in [6.07, 6.45) is 4.84. The molecular formula is C15H20N2. The summed E-state index contributed by atoms with van der Waals surface area (Å²) in [6, 6.07) is 8.52. The molecule has 2 nitrogen and oxygen atoms in total. The number of pyridine rings is 1. The van der Waals surface area contributed by atoms with Crippen molar-refractivity contribution in [2.45, 2.75) is 32.7 Å². The molecule has 17 heavy (non-hydrogen) atoms. The van der Waals surface area contributed by atoms with Gasteiger partial charge in [-0.05, 0) is 50.8 Å². The molecule has 1 N–H and O–H groups in total. The smallest absolute Gasteiger partial charge is 0.0346 e. The quantitative estimate of drug-likeness (QED) is 0.873. The predicted molar refractivity (Wildman–Crippen MR) is 73.2 cm³/mol. The number of nitrogens with one attached hydrogen (secondary N) is 1. The number of benzene rings is 1. The molecule has 0 amide bonds. The minimum atomic E-state index is 0.187. The van der Waals surface area contributed by atoms with Gasteiger partial charge in [0.2, 0.25) is 0 Å². The molecule has 0 aliphatic rings. The lowest BCUT2D eigenvalue weighted by Gasteiger charge is -2.20. The molecule has 0 aliphatic carbocycles. The van der Waals surface area contributed by atoms with Crippen LogP contribution in [0.15, 0.2) is 36.7 Å². The molecule has 0 aliphatic heterocycles. The van der Waals surface area contributed by atoms with E-state index in [-0.39, 0.29) is 5.54 Å². The molecule has 0 fully saturated rings. The normalized spacial score (nSPS) is 11.9. The summed E-state index contributed by atoms with van der Waals surface area (Å²) in [5.74, 6) is 0. The van der Waals surface area contributed by atoms with Crippen molar-refractivity contribution in [3.05, 3.63) is 42.2 Å². The number of nitrogens with zero attached hydrogens (tertiary/aromatic N) is 1. The third kappa shape index (κ3) is 3.27. The highest BCUT2D eigenvalue weighted by Crippen LogP contribution is 2.17. The molecule has 1 aromatic heterocycles. The van der Waals surface area contributed by atoms with E-state index in [1.807, 2.05) is 12.4 Å². The Morgan fingerprint density at radius 2 is 2.00 bits per heavy atom.